The maximum atomic E-state index is 12.3. The van der Waals surface area contributed by atoms with E-state index in [1.807, 2.05) is 31.2 Å². The van der Waals surface area contributed by atoms with Crippen molar-refractivity contribution in [2.75, 3.05) is 16.8 Å². The third-order valence-electron chi connectivity index (χ3n) is 3.55. The zero-order valence-electron chi connectivity index (χ0n) is 10.3. The second-order valence-electron chi connectivity index (χ2n) is 5.13. The number of fused-ring (bicyclic) bond motifs is 1. The minimum absolute atomic E-state index is 0.0199. The van der Waals surface area contributed by atoms with E-state index in [9.17, 15) is 9.59 Å². The molecule has 18 heavy (non-hydrogen) atoms. The molecule has 0 saturated heterocycles. The van der Waals surface area contributed by atoms with Gasteiger partial charge in [0.05, 0.1) is 17.3 Å². The van der Waals surface area contributed by atoms with Crippen molar-refractivity contribution in [3.63, 3.8) is 0 Å². The summed E-state index contributed by atoms with van der Waals surface area (Å²) in [5.41, 5.74) is 1.56. The molecule has 3 rings (SSSR count). The number of hydrogen-bond acceptors (Lipinski definition) is 2. The smallest absolute Gasteiger partial charge is 0.230 e. The lowest BCUT2D eigenvalue weighted by Gasteiger charge is -2.23. The summed E-state index contributed by atoms with van der Waals surface area (Å²) in [6.07, 6.45) is 1.96. The van der Waals surface area contributed by atoms with Crippen LogP contribution in [0.3, 0.4) is 0 Å². The molecule has 1 aromatic carbocycles. The van der Waals surface area contributed by atoms with Crippen molar-refractivity contribution in [3.05, 3.63) is 24.3 Å². The Hall–Kier alpha value is -1.84. The SMILES string of the molecule is CC1CN(C(=O)C2CC2)c2ccccc2NC1=O. The third-order valence-corrected chi connectivity index (χ3v) is 3.55. The summed E-state index contributed by atoms with van der Waals surface area (Å²) in [5, 5.41) is 2.88. The van der Waals surface area contributed by atoms with Crippen LogP contribution < -0.4 is 10.2 Å². The van der Waals surface area contributed by atoms with Gasteiger partial charge in [-0.2, -0.15) is 0 Å². The number of nitrogens with zero attached hydrogens (tertiary/aromatic N) is 1. The van der Waals surface area contributed by atoms with Crippen LogP contribution in [0.25, 0.3) is 0 Å². The molecule has 1 fully saturated rings. The molecule has 1 aliphatic carbocycles. The lowest BCUT2D eigenvalue weighted by Crippen LogP contribution is -2.36. The van der Waals surface area contributed by atoms with Gasteiger partial charge in [0.2, 0.25) is 11.8 Å². The molecule has 1 saturated carbocycles. The number of nitrogens with one attached hydrogen (secondary N) is 1. The fourth-order valence-corrected chi connectivity index (χ4v) is 2.29. The lowest BCUT2D eigenvalue weighted by molar-refractivity contribution is -0.120. The van der Waals surface area contributed by atoms with E-state index in [4.69, 9.17) is 0 Å². The molecule has 2 amide bonds. The minimum Gasteiger partial charge on any atom is -0.324 e. The van der Waals surface area contributed by atoms with E-state index in [0.29, 0.717) is 6.54 Å². The van der Waals surface area contributed by atoms with E-state index >= 15 is 0 Å². The summed E-state index contributed by atoms with van der Waals surface area (Å²) in [4.78, 5) is 26.0. The molecule has 0 spiro atoms. The van der Waals surface area contributed by atoms with E-state index in [0.717, 1.165) is 24.2 Å². The first-order valence-corrected chi connectivity index (χ1v) is 6.38. The quantitative estimate of drug-likeness (QED) is 0.821. The largest absolute Gasteiger partial charge is 0.324 e. The summed E-state index contributed by atoms with van der Waals surface area (Å²) in [6, 6.07) is 7.51. The van der Waals surface area contributed by atoms with E-state index in [-0.39, 0.29) is 23.7 Å². The maximum absolute atomic E-state index is 12.3. The molecule has 1 heterocycles. The predicted molar refractivity (Wildman–Crippen MR) is 69.3 cm³/mol. The highest BCUT2D eigenvalue weighted by molar-refractivity contribution is 6.05. The zero-order chi connectivity index (χ0) is 12.7. The molecule has 1 unspecified atom stereocenters. The summed E-state index contributed by atoms with van der Waals surface area (Å²) >= 11 is 0. The summed E-state index contributed by atoms with van der Waals surface area (Å²) in [6.45, 7) is 2.33. The van der Waals surface area contributed by atoms with Gasteiger partial charge in [-0.1, -0.05) is 19.1 Å². The second kappa shape index (κ2) is 4.12. The average Bonchev–Trinajstić information content (AvgIpc) is 3.19. The Kier molecular flexibility index (Phi) is 2.58. The highest BCUT2D eigenvalue weighted by Crippen LogP contribution is 2.36. The van der Waals surface area contributed by atoms with Crippen molar-refractivity contribution in [2.24, 2.45) is 11.8 Å². The standard InChI is InChI=1S/C14H16N2O2/c1-9-8-16(14(18)10-6-7-10)12-5-3-2-4-11(12)15-13(9)17/h2-5,9-10H,6-8H2,1H3,(H,15,17). The van der Waals surface area contributed by atoms with Gasteiger partial charge in [-0.05, 0) is 25.0 Å². The first-order chi connectivity index (χ1) is 8.66. The average molecular weight is 244 g/mol. The minimum atomic E-state index is -0.180. The Balaban J connectivity index is 2.01. The number of rotatable bonds is 1. The summed E-state index contributed by atoms with van der Waals surface area (Å²) < 4.78 is 0. The normalized spacial score (nSPS) is 23.1. The number of benzene rings is 1. The maximum Gasteiger partial charge on any atom is 0.230 e. The number of para-hydroxylation sites is 2. The number of hydrogen-bond donors (Lipinski definition) is 1. The van der Waals surface area contributed by atoms with Crippen LogP contribution in [0, 0.1) is 11.8 Å². The van der Waals surface area contributed by atoms with Gasteiger partial charge >= 0.3 is 0 Å². The van der Waals surface area contributed by atoms with Crippen molar-refractivity contribution in [1.82, 2.24) is 0 Å². The second-order valence-corrected chi connectivity index (χ2v) is 5.13. The molecule has 0 aromatic heterocycles. The van der Waals surface area contributed by atoms with Crippen LogP contribution in [0.5, 0.6) is 0 Å². The van der Waals surface area contributed by atoms with Crippen LogP contribution in [0.4, 0.5) is 11.4 Å². The van der Waals surface area contributed by atoms with Crippen LogP contribution in [-0.4, -0.2) is 18.4 Å². The Morgan fingerprint density at radius 2 is 2.06 bits per heavy atom. The number of carbonyl (C=O) groups is 2. The van der Waals surface area contributed by atoms with Crippen LogP contribution in [0.15, 0.2) is 24.3 Å². The highest BCUT2D eigenvalue weighted by atomic mass is 16.2. The van der Waals surface area contributed by atoms with Gasteiger partial charge in [0.25, 0.3) is 0 Å². The van der Waals surface area contributed by atoms with E-state index in [1.165, 1.54) is 0 Å². The van der Waals surface area contributed by atoms with E-state index in [2.05, 4.69) is 5.32 Å². The molecule has 4 nitrogen and oxygen atoms in total. The summed E-state index contributed by atoms with van der Waals surface area (Å²) in [7, 11) is 0. The fraction of sp³-hybridized carbons (Fsp3) is 0.429. The van der Waals surface area contributed by atoms with E-state index in [1.54, 1.807) is 4.90 Å². The van der Waals surface area contributed by atoms with Gasteiger partial charge in [-0.15, -0.1) is 0 Å². The monoisotopic (exact) mass is 244 g/mol. The van der Waals surface area contributed by atoms with E-state index < -0.39 is 0 Å². The Morgan fingerprint density at radius 1 is 1.33 bits per heavy atom. The van der Waals surface area contributed by atoms with Gasteiger partial charge in [0.1, 0.15) is 0 Å². The first kappa shape index (κ1) is 11.3. The third kappa shape index (κ3) is 1.88. The molecule has 1 atom stereocenters. The molecule has 94 valence electrons. The molecule has 0 bridgehead atoms. The van der Waals surface area contributed by atoms with Crippen molar-refractivity contribution in [2.45, 2.75) is 19.8 Å². The van der Waals surface area contributed by atoms with Gasteiger partial charge in [-0.25, -0.2) is 0 Å². The molecular weight excluding hydrogens is 228 g/mol. The van der Waals surface area contributed by atoms with Gasteiger partial charge in [-0.3, -0.25) is 9.59 Å². The van der Waals surface area contributed by atoms with Crippen molar-refractivity contribution >= 4 is 23.2 Å². The molecule has 4 heteroatoms. The molecule has 1 aliphatic heterocycles. The van der Waals surface area contributed by atoms with Crippen LogP contribution in [-0.2, 0) is 9.59 Å². The number of anilines is 2. The van der Waals surface area contributed by atoms with Crippen LogP contribution in [0.1, 0.15) is 19.8 Å². The first-order valence-electron chi connectivity index (χ1n) is 6.38. The Bertz CT molecular complexity index is 508. The Morgan fingerprint density at radius 3 is 2.78 bits per heavy atom. The topological polar surface area (TPSA) is 49.4 Å². The molecular formula is C14H16N2O2. The molecule has 1 N–H and O–H groups in total. The van der Waals surface area contributed by atoms with Crippen molar-refractivity contribution in [3.8, 4) is 0 Å². The molecule has 0 radical (unpaired) electrons. The molecule has 1 aromatic rings. The number of carbonyl (C=O) groups excluding carboxylic acids is 2. The summed E-state index contributed by atoms with van der Waals surface area (Å²) in [5.74, 6) is 0.123. The Labute approximate surface area is 106 Å². The van der Waals surface area contributed by atoms with Crippen LogP contribution in [0.2, 0.25) is 0 Å². The number of amides is 2. The van der Waals surface area contributed by atoms with Crippen LogP contribution >= 0.6 is 0 Å². The highest BCUT2D eigenvalue weighted by Gasteiger charge is 2.37. The van der Waals surface area contributed by atoms with Crippen molar-refractivity contribution < 1.29 is 9.59 Å². The van der Waals surface area contributed by atoms with Gasteiger partial charge in [0, 0.05) is 12.5 Å². The van der Waals surface area contributed by atoms with Crippen molar-refractivity contribution in [1.29, 1.82) is 0 Å². The van der Waals surface area contributed by atoms with Gasteiger partial charge < -0.3 is 10.2 Å². The molecule has 2 aliphatic rings. The fourth-order valence-electron chi connectivity index (χ4n) is 2.29. The lowest BCUT2D eigenvalue weighted by atomic mass is 10.1. The van der Waals surface area contributed by atoms with Gasteiger partial charge in [0.15, 0.2) is 0 Å². The zero-order valence-corrected chi connectivity index (χ0v) is 10.3. The predicted octanol–water partition coefficient (Wildman–Crippen LogP) is 2.02.